The third-order valence-corrected chi connectivity index (χ3v) is 3.37. The quantitative estimate of drug-likeness (QED) is 0.257. The van der Waals surface area contributed by atoms with Crippen LogP contribution < -0.4 is 0 Å². The van der Waals surface area contributed by atoms with E-state index < -0.39 is 0 Å². The van der Waals surface area contributed by atoms with Gasteiger partial charge in [-0.2, -0.15) is 0 Å². The summed E-state index contributed by atoms with van der Waals surface area (Å²) in [4.78, 5) is 10.7. The van der Waals surface area contributed by atoms with Crippen LogP contribution in [0.25, 0.3) is 0 Å². The van der Waals surface area contributed by atoms with Gasteiger partial charge in [-0.1, -0.05) is 74.8 Å². The van der Waals surface area contributed by atoms with Gasteiger partial charge in [-0.25, -0.2) is 0 Å². The Balaban J connectivity index is 3.40. The van der Waals surface area contributed by atoms with E-state index in [0.29, 0.717) is 6.42 Å². The molecule has 0 radical (unpaired) electrons. The molecule has 1 heteroatoms. The molecule has 0 heterocycles. The molecule has 0 fully saturated rings. The molecule has 0 aliphatic carbocycles. The first-order valence-electron chi connectivity index (χ1n) is 8.86. The molecule has 0 unspecified atom stereocenters. The van der Waals surface area contributed by atoms with E-state index in [0.717, 1.165) is 25.7 Å². The Morgan fingerprint density at radius 1 is 0.682 bits per heavy atom. The fourth-order valence-corrected chi connectivity index (χ4v) is 2.02. The van der Waals surface area contributed by atoms with Crippen LogP contribution in [0.5, 0.6) is 0 Å². The third kappa shape index (κ3) is 18.6. The normalized spacial score (nSPS) is 12.5. The Bertz CT molecular complexity index is 358. The van der Waals surface area contributed by atoms with E-state index in [2.05, 4.69) is 55.5 Å². The Morgan fingerprint density at radius 3 is 1.68 bits per heavy atom. The van der Waals surface area contributed by atoms with Crippen LogP contribution in [0, 0.1) is 0 Å². The maximum Gasteiger partial charge on any atom is 0.130 e. The first-order chi connectivity index (χ1) is 10.8. The highest BCUT2D eigenvalue weighted by Crippen LogP contribution is 2.03. The number of carbonyl (C=O) groups is 1. The van der Waals surface area contributed by atoms with Crippen molar-refractivity contribution in [1.29, 1.82) is 0 Å². The van der Waals surface area contributed by atoms with Gasteiger partial charge in [0.25, 0.3) is 0 Å². The molecule has 1 nitrogen and oxygen atoms in total. The van der Waals surface area contributed by atoms with Crippen molar-refractivity contribution in [1.82, 2.24) is 0 Å². The van der Waals surface area contributed by atoms with Crippen molar-refractivity contribution >= 4 is 5.78 Å². The molecule has 0 bridgehead atoms. The molecule has 0 aromatic rings. The van der Waals surface area contributed by atoms with Crippen molar-refractivity contribution in [3.8, 4) is 0 Å². The smallest absolute Gasteiger partial charge is 0.130 e. The van der Waals surface area contributed by atoms with E-state index in [-0.39, 0.29) is 5.78 Å². The van der Waals surface area contributed by atoms with Crippen LogP contribution in [-0.4, -0.2) is 5.78 Å². The van der Waals surface area contributed by atoms with Gasteiger partial charge in [0, 0.05) is 6.42 Å². The second kappa shape index (κ2) is 17.7. The number of rotatable bonds is 14. The highest BCUT2D eigenvalue weighted by molar-refractivity contribution is 5.75. The summed E-state index contributed by atoms with van der Waals surface area (Å²) in [5.41, 5.74) is 0. The summed E-state index contributed by atoms with van der Waals surface area (Å²) in [5, 5.41) is 0. The Labute approximate surface area is 137 Å². The maximum atomic E-state index is 10.7. The van der Waals surface area contributed by atoms with Crippen molar-refractivity contribution in [2.75, 3.05) is 0 Å². The van der Waals surface area contributed by atoms with Crippen LogP contribution in [-0.2, 0) is 4.79 Å². The first kappa shape index (κ1) is 20.6. The topological polar surface area (TPSA) is 17.1 Å². The molecule has 22 heavy (non-hydrogen) atoms. The van der Waals surface area contributed by atoms with E-state index in [1.165, 1.54) is 32.1 Å². The van der Waals surface area contributed by atoms with E-state index in [4.69, 9.17) is 0 Å². The molecule has 0 aromatic heterocycles. The van der Waals surface area contributed by atoms with Crippen molar-refractivity contribution in [2.45, 2.75) is 78.1 Å². The lowest BCUT2D eigenvalue weighted by atomic mass is 10.1. The lowest BCUT2D eigenvalue weighted by Crippen LogP contribution is -1.85. The molecule has 0 spiro atoms. The zero-order valence-electron chi connectivity index (χ0n) is 14.6. The molecular formula is C21H34O. The lowest BCUT2D eigenvalue weighted by molar-refractivity contribution is -0.116. The van der Waals surface area contributed by atoms with Crippen LogP contribution in [0.15, 0.2) is 48.6 Å². The summed E-state index contributed by atoms with van der Waals surface area (Å²) in [6.07, 6.45) is 28.8. The summed E-state index contributed by atoms with van der Waals surface area (Å²) in [7, 11) is 0. The highest BCUT2D eigenvalue weighted by Gasteiger charge is 1.87. The summed E-state index contributed by atoms with van der Waals surface area (Å²) in [6.45, 7) is 3.89. The van der Waals surface area contributed by atoms with E-state index in [1.807, 2.05) is 0 Å². The predicted octanol–water partition coefficient (Wildman–Crippen LogP) is 6.72. The van der Waals surface area contributed by atoms with Crippen molar-refractivity contribution in [3.05, 3.63) is 48.6 Å². The lowest BCUT2D eigenvalue weighted by Gasteiger charge is -1.93. The Kier molecular flexibility index (Phi) is 16.6. The number of allylic oxidation sites excluding steroid dienone is 8. The van der Waals surface area contributed by atoms with Gasteiger partial charge in [-0.3, -0.25) is 0 Å². The fraction of sp³-hybridized carbons (Fsp3) is 0.571. The van der Waals surface area contributed by atoms with Gasteiger partial charge < -0.3 is 4.79 Å². The minimum absolute atomic E-state index is 0.264. The average Bonchev–Trinajstić information content (AvgIpc) is 2.50. The number of carbonyl (C=O) groups excluding carboxylic acids is 1. The van der Waals surface area contributed by atoms with Gasteiger partial charge in [0.1, 0.15) is 5.78 Å². The van der Waals surface area contributed by atoms with Crippen LogP contribution >= 0.6 is 0 Å². The van der Waals surface area contributed by atoms with Gasteiger partial charge in [0.15, 0.2) is 0 Å². The molecule has 0 saturated heterocycles. The Morgan fingerprint density at radius 2 is 1.18 bits per heavy atom. The number of ketones is 1. The SMILES string of the molecule is CCCCCCC=CCC=CCC=CCC=CCCC(C)=O. The van der Waals surface area contributed by atoms with E-state index >= 15 is 0 Å². The van der Waals surface area contributed by atoms with E-state index in [9.17, 15) is 4.79 Å². The molecule has 0 atom stereocenters. The van der Waals surface area contributed by atoms with E-state index in [1.54, 1.807) is 6.92 Å². The zero-order chi connectivity index (χ0) is 16.3. The summed E-state index contributed by atoms with van der Waals surface area (Å²) < 4.78 is 0. The van der Waals surface area contributed by atoms with Gasteiger partial charge >= 0.3 is 0 Å². The fourth-order valence-electron chi connectivity index (χ4n) is 2.02. The maximum absolute atomic E-state index is 10.7. The molecule has 0 aliphatic heterocycles. The van der Waals surface area contributed by atoms with Gasteiger partial charge in [-0.15, -0.1) is 0 Å². The zero-order valence-corrected chi connectivity index (χ0v) is 14.6. The van der Waals surface area contributed by atoms with Crippen molar-refractivity contribution in [3.63, 3.8) is 0 Å². The van der Waals surface area contributed by atoms with Crippen LogP contribution in [0.3, 0.4) is 0 Å². The minimum Gasteiger partial charge on any atom is -0.300 e. The number of unbranched alkanes of at least 4 members (excludes halogenated alkanes) is 4. The Hall–Kier alpha value is -1.37. The molecule has 0 aliphatic rings. The van der Waals surface area contributed by atoms with Gasteiger partial charge in [0.05, 0.1) is 0 Å². The minimum atomic E-state index is 0.264. The second-order valence-electron chi connectivity index (χ2n) is 5.68. The third-order valence-electron chi connectivity index (χ3n) is 3.37. The monoisotopic (exact) mass is 302 g/mol. The number of hydrogen-bond acceptors (Lipinski definition) is 1. The molecule has 0 amide bonds. The number of Topliss-reactive ketones (excluding diaryl/α,β-unsaturated/α-hetero) is 1. The summed E-state index contributed by atoms with van der Waals surface area (Å²) >= 11 is 0. The molecule has 0 N–H and O–H groups in total. The molecule has 0 rings (SSSR count). The second-order valence-corrected chi connectivity index (χ2v) is 5.68. The molecular weight excluding hydrogens is 268 g/mol. The van der Waals surface area contributed by atoms with Crippen molar-refractivity contribution in [2.24, 2.45) is 0 Å². The van der Waals surface area contributed by atoms with Crippen LogP contribution in [0.1, 0.15) is 78.1 Å². The van der Waals surface area contributed by atoms with Crippen LogP contribution in [0.4, 0.5) is 0 Å². The standard InChI is InChI=1S/C21H34O/c1-3-4-5-6-7-8-9-10-11-12-13-14-15-16-17-18-19-20-21(2)22/h8-9,11-12,14-15,17-18H,3-7,10,13,16,19-20H2,1-2H3. The molecule has 124 valence electrons. The first-order valence-corrected chi connectivity index (χ1v) is 8.86. The summed E-state index contributed by atoms with van der Waals surface area (Å²) in [6, 6.07) is 0. The van der Waals surface area contributed by atoms with Gasteiger partial charge in [-0.05, 0) is 45.4 Å². The predicted molar refractivity (Wildman–Crippen MR) is 99.1 cm³/mol. The van der Waals surface area contributed by atoms with Gasteiger partial charge in [0.2, 0.25) is 0 Å². The van der Waals surface area contributed by atoms with Crippen LogP contribution in [0.2, 0.25) is 0 Å². The average molecular weight is 303 g/mol. The molecule has 0 aromatic carbocycles. The summed E-state index contributed by atoms with van der Waals surface area (Å²) in [5.74, 6) is 0.264. The van der Waals surface area contributed by atoms with Crippen molar-refractivity contribution < 1.29 is 4.79 Å². The highest BCUT2D eigenvalue weighted by atomic mass is 16.1. The number of hydrogen-bond donors (Lipinski definition) is 0. The largest absolute Gasteiger partial charge is 0.300 e. The molecule has 0 saturated carbocycles.